The van der Waals surface area contributed by atoms with Gasteiger partial charge in [-0.05, 0) is 61.9 Å². The average Bonchev–Trinajstić information content (AvgIpc) is 3.60. The highest BCUT2D eigenvalue weighted by Crippen LogP contribution is 2.44. The minimum Gasteiger partial charge on any atom is -0.382 e. The van der Waals surface area contributed by atoms with E-state index in [-0.39, 0.29) is 11.8 Å². The van der Waals surface area contributed by atoms with Crippen molar-refractivity contribution in [3.05, 3.63) is 88.9 Å². The summed E-state index contributed by atoms with van der Waals surface area (Å²) in [7, 11) is 0. The molecule has 2 aliphatic rings. The molecule has 0 bridgehead atoms. The highest BCUT2D eigenvalue weighted by Gasteiger charge is 2.34. The summed E-state index contributed by atoms with van der Waals surface area (Å²) >= 11 is 0. The smallest absolute Gasteiger partial charge is 0.256 e. The molecular weight excluding hydrogens is 490 g/mol. The van der Waals surface area contributed by atoms with E-state index in [0.717, 1.165) is 41.9 Å². The molecule has 7 rings (SSSR count). The van der Waals surface area contributed by atoms with Gasteiger partial charge in [-0.25, -0.2) is 15.0 Å². The molecule has 2 aliphatic carbocycles. The molecule has 5 aromatic rings. The molecule has 1 atom stereocenters. The Labute approximate surface area is 223 Å². The molecule has 1 fully saturated rings. The summed E-state index contributed by atoms with van der Waals surface area (Å²) in [6, 6.07) is 12.4. The number of aryl methyl sites for hydroxylation is 1. The van der Waals surface area contributed by atoms with Gasteiger partial charge in [0.2, 0.25) is 0 Å². The Morgan fingerprint density at radius 2 is 1.95 bits per heavy atom. The van der Waals surface area contributed by atoms with Crippen molar-refractivity contribution >= 4 is 23.1 Å². The van der Waals surface area contributed by atoms with Gasteiger partial charge in [0, 0.05) is 47.2 Å². The van der Waals surface area contributed by atoms with Gasteiger partial charge in [-0.15, -0.1) is 0 Å². The minimum atomic E-state index is -0.315. The molecule has 1 saturated carbocycles. The van der Waals surface area contributed by atoms with E-state index >= 15 is 0 Å². The third kappa shape index (κ3) is 4.08. The molecule has 0 aliphatic heterocycles. The normalized spacial score (nSPS) is 16.5. The number of nitrogen functional groups attached to an aromatic ring is 1. The number of amides is 1. The summed E-state index contributed by atoms with van der Waals surface area (Å²) in [6.07, 6.45) is 10.4. The molecule has 1 amide bonds. The second kappa shape index (κ2) is 9.06. The van der Waals surface area contributed by atoms with Crippen molar-refractivity contribution < 1.29 is 4.79 Å². The largest absolute Gasteiger partial charge is 0.382 e. The Morgan fingerprint density at radius 1 is 1.10 bits per heavy atom. The molecule has 1 unspecified atom stereocenters. The second-order valence-corrected chi connectivity index (χ2v) is 10.2. The zero-order valence-electron chi connectivity index (χ0n) is 21.1. The van der Waals surface area contributed by atoms with E-state index in [1.165, 1.54) is 42.1 Å². The number of nitrogens with zero attached hydrogens (tertiary/aromatic N) is 6. The zero-order valence-corrected chi connectivity index (χ0v) is 21.1. The quantitative estimate of drug-likeness (QED) is 0.314. The minimum absolute atomic E-state index is 0.234. The maximum absolute atomic E-state index is 12.8. The fraction of sp³-hybridized carbons (Fsp3) is 0.241. The van der Waals surface area contributed by atoms with Gasteiger partial charge >= 0.3 is 0 Å². The van der Waals surface area contributed by atoms with Crippen LogP contribution in [-0.4, -0.2) is 35.5 Å². The summed E-state index contributed by atoms with van der Waals surface area (Å²) in [5.74, 6) is 2.22. The van der Waals surface area contributed by atoms with Crippen LogP contribution in [0.4, 0.5) is 11.6 Å². The summed E-state index contributed by atoms with van der Waals surface area (Å²) in [6.45, 7) is 0. The number of carbonyl (C=O) groups is 1. The molecule has 10 heteroatoms. The molecular formula is C29H25N9O. The van der Waals surface area contributed by atoms with Crippen molar-refractivity contribution in [3.8, 4) is 17.3 Å². The van der Waals surface area contributed by atoms with Crippen molar-refractivity contribution in [2.24, 2.45) is 0 Å². The third-order valence-corrected chi connectivity index (χ3v) is 7.67. The number of fused-ring (bicyclic) bond motifs is 2. The van der Waals surface area contributed by atoms with Crippen LogP contribution in [0.5, 0.6) is 0 Å². The average molecular weight is 516 g/mol. The van der Waals surface area contributed by atoms with Crippen molar-refractivity contribution in [1.29, 1.82) is 5.26 Å². The van der Waals surface area contributed by atoms with Gasteiger partial charge in [0.25, 0.3) is 5.91 Å². The lowest BCUT2D eigenvalue weighted by Gasteiger charge is -2.21. The van der Waals surface area contributed by atoms with E-state index in [1.54, 1.807) is 24.4 Å². The van der Waals surface area contributed by atoms with Gasteiger partial charge in [-0.1, -0.05) is 12.1 Å². The Morgan fingerprint density at radius 3 is 2.74 bits per heavy atom. The topological polar surface area (TPSA) is 151 Å². The van der Waals surface area contributed by atoms with E-state index in [1.807, 2.05) is 24.4 Å². The lowest BCUT2D eigenvalue weighted by Crippen LogP contribution is -2.15. The molecule has 4 heterocycles. The van der Waals surface area contributed by atoms with Crippen LogP contribution in [0.2, 0.25) is 0 Å². The Balaban J connectivity index is 1.20. The fourth-order valence-electron chi connectivity index (χ4n) is 5.55. The lowest BCUT2D eigenvalue weighted by molar-refractivity contribution is 0.102. The van der Waals surface area contributed by atoms with E-state index < -0.39 is 0 Å². The van der Waals surface area contributed by atoms with Crippen molar-refractivity contribution in [2.75, 3.05) is 11.1 Å². The number of nitrogens with two attached hydrogens (primary N) is 1. The number of nitrogens with one attached hydrogen (secondary N) is 2. The highest BCUT2D eigenvalue weighted by atomic mass is 16.1. The number of anilines is 2. The van der Waals surface area contributed by atoms with Crippen molar-refractivity contribution in [3.63, 3.8) is 0 Å². The van der Waals surface area contributed by atoms with Gasteiger partial charge < -0.3 is 11.1 Å². The molecule has 0 spiro atoms. The number of aromatic nitrogens is 6. The number of H-pyrrole nitrogens is 1. The Bertz CT molecular complexity index is 1770. The molecule has 39 heavy (non-hydrogen) atoms. The number of aromatic amines is 1. The monoisotopic (exact) mass is 515 g/mol. The first kappa shape index (κ1) is 23.1. The standard InChI is InChI=1S/C29H25N9O/c30-15-16-9-10-32-23(13-16)34-29(39)19-5-3-18(4-6-19)25-26-27(31)33-11-12-38(26)28(35-25)20-7-8-22-21(14-20)24(37-36-22)17-1-2-17/h3-6,9-13,17,20H,1-2,7-8,14H2,(H2,31,33)(H,36,37)(H,32,34,39). The predicted molar refractivity (Wildman–Crippen MR) is 145 cm³/mol. The summed E-state index contributed by atoms with van der Waals surface area (Å²) in [5, 5.41) is 19.7. The molecule has 1 aromatic carbocycles. The zero-order chi connectivity index (χ0) is 26.5. The maximum Gasteiger partial charge on any atom is 0.256 e. The van der Waals surface area contributed by atoms with Crippen molar-refractivity contribution in [2.45, 2.75) is 43.9 Å². The Hall–Kier alpha value is -5.04. The summed E-state index contributed by atoms with van der Waals surface area (Å²) < 4.78 is 2.07. The number of hydrogen-bond donors (Lipinski definition) is 3. The molecule has 10 nitrogen and oxygen atoms in total. The second-order valence-electron chi connectivity index (χ2n) is 10.2. The molecule has 0 saturated heterocycles. The lowest BCUT2D eigenvalue weighted by atomic mass is 9.85. The number of imidazole rings is 1. The van der Waals surface area contributed by atoms with Crippen LogP contribution in [0.3, 0.4) is 0 Å². The predicted octanol–water partition coefficient (Wildman–Crippen LogP) is 4.37. The fourth-order valence-corrected chi connectivity index (χ4v) is 5.55. The van der Waals surface area contributed by atoms with E-state index in [4.69, 9.17) is 16.0 Å². The van der Waals surface area contributed by atoms with Gasteiger partial charge in [-0.3, -0.25) is 14.3 Å². The van der Waals surface area contributed by atoms with E-state index in [0.29, 0.717) is 28.7 Å². The number of hydrogen-bond acceptors (Lipinski definition) is 7. The number of nitriles is 1. The third-order valence-electron chi connectivity index (χ3n) is 7.67. The van der Waals surface area contributed by atoms with Gasteiger partial charge in [0.05, 0.1) is 17.3 Å². The van der Waals surface area contributed by atoms with Crippen LogP contribution in [0.25, 0.3) is 16.8 Å². The van der Waals surface area contributed by atoms with Crippen LogP contribution >= 0.6 is 0 Å². The van der Waals surface area contributed by atoms with Gasteiger partial charge in [-0.2, -0.15) is 10.4 Å². The van der Waals surface area contributed by atoms with Crippen LogP contribution < -0.4 is 11.1 Å². The number of benzene rings is 1. The molecule has 0 radical (unpaired) electrons. The number of rotatable bonds is 5. The highest BCUT2D eigenvalue weighted by molar-refractivity contribution is 6.04. The Kier molecular flexibility index (Phi) is 5.37. The summed E-state index contributed by atoms with van der Waals surface area (Å²) in [5.41, 5.74) is 13.5. The first-order valence-corrected chi connectivity index (χ1v) is 13.1. The van der Waals surface area contributed by atoms with Gasteiger partial charge in [0.1, 0.15) is 28.7 Å². The molecule has 192 valence electrons. The van der Waals surface area contributed by atoms with E-state index in [2.05, 4.69) is 29.9 Å². The molecule has 4 aromatic heterocycles. The van der Waals surface area contributed by atoms with Crippen LogP contribution in [-0.2, 0) is 12.8 Å². The van der Waals surface area contributed by atoms with Gasteiger partial charge in [0.15, 0.2) is 0 Å². The van der Waals surface area contributed by atoms with Crippen LogP contribution in [0, 0.1) is 11.3 Å². The first-order valence-electron chi connectivity index (χ1n) is 13.1. The maximum atomic E-state index is 12.8. The SMILES string of the molecule is N#Cc1ccnc(NC(=O)c2ccc(-c3nc(C4CCc5[nH]nc(C6CC6)c5C4)n4ccnc(N)c34)cc2)c1. The van der Waals surface area contributed by atoms with E-state index in [9.17, 15) is 4.79 Å². The first-order chi connectivity index (χ1) is 19.1. The molecule has 4 N–H and O–H groups in total. The number of carbonyl (C=O) groups excluding carboxylic acids is 1. The number of pyridine rings is 1. The van der Waals surface area contributed by atoms with Crippen molar-refractivity contribution in [1.82, 2.24) is 29.5 Å². The summed E-state index contributed by atoms with van der Waals surface area (Å²) in [4.78, 5) is 26.4. The van der Waals surface area contributed by atoms with Crippen LogP contribution in [0.1, 0.15) is 69.8 Å². The van der Waals surface area contributed by atoms with Crippen LogP contribution in [0.15, 0.2) is 55.0 Å².